The summed E-state index contributed by atoms with van der Waals surface area (Å²) in [5, 5.41) is 0. The van der Waals surface area contributed by atoms with Crippen molar-refractivity contribution in [3.05, 3.63) is 40.5 Å². The lowest BCUT2D eigenvalue weighted by molar-refractivity contribution is 0.104. The van der Waals surface area contributed by atoms with Crippen molar-refractivity contribution in [1.82, 2.24) is 0 Å². The Morgan fingerprint density at radius 2 is 1.88 bits per heavy atom. The summed E-state index contributed by atoms with van der Waals surface area (Å²) in [4.78, 5) is 11.9. The molecular weight excluding hydrogens is 200 g/mol. The molecule has 2 heteroatoms. The first kappa shape index (κ1) is 12.5. The fourth-order valence-electron chi connectivity index (χ4n) is 1.59. The van der Waals surface area contributed by atoms with Crippen LogP contribution >= 0.6 is 0 Å². The van der Waals surface area contributed by atoms with Gasteiger partial charge >= 0.3 is 0 Å². The molecule has 2 nitrogen and oxygen atoms in total. The molecule has 0 fully saturated rings. The molecule has 0 bridgehead atoms. The van der Waals surface area contributed by atoms with Crippen LogP contribution in [0.15, 0.2) is 23.8 Å². The first-order chi connectivity index (χ1) is 7.47. The number of benzene rings is 1. The average Bonchev–Trinajstić information content (AvgIpc) is 2.20. The Balaban J connectivity index is 3.30. The van der Waals surface area contributed by atoms with E-state index >= 15 is 0 Å². The monoisotopic (exact) mass is 218 g/mol. The van der Waals surface area contributed by atoms with Gasteiger partial charge in [-0.3, -0.25) is 4.79 Å². The van der Waals surface area contributed by atoms with Gasteiger partial charge in [-0.05, 0) is 51.0 Å². The minimum atomic E-state index is -0.0000463. The number of ketones is 1. The number of allylic oxidation sites excluding steroid dienone is 2. The van der Waals surface area contributed by atoms with Crippen molar-refractivity contribution in [3.63, 3.8) is 0 Å². The van der Waals surface area contributed by atoms with E-state index in [-0.39, 0.29) is 5.78 Å². The van der Waals surface area contributed by atoms with Crippen molar-refractivity contribution in [2.24, 2.45) is 0 Å². The van der Waals surface area contributed by atoms with Crippen molar-refractivity contribution in [2.75, 3.05) is 7.11 Å². The van der Waals surface area contributed by atoms with Gasteiger partial charge in [-0.1, -0.05) is 11.6 Å². The highest BCUT2D eigenvalue weighted by atomic mass is 16.5. The highest BCUT2D eigenvalue weighted by Crippen LogP contribution is 2.26. The maximum absolute atomic E-state index is 11.9. The van der Waals surface area contributed by atoms with Crippen LogP contribution in [0.4, 0.5) is 0 Å². The van der Waals surface area contributed by atoms with Crippen molar-refractivity contribution in [1.29, 1.82) is 0 Å². The second-order valence-corrected chi connectivity index (χ2v) is 4.17. The highest BCUT2D eigenvalue weighted by Gasteiger charge is 2.13. The molecule has 0 unspecified atom stereocenters. The molecule has 86 valence electrons. The third-order valence-corrected chi connectivity index (χ3v) is 2.57. The van der Waals surface area contributed by atoms with Gasteiger partial charge in [0.05, 0.1) is 12.7 Å². The van der Waals surface area contributed by atoms with E-state index in [2.05, 4.69) is 0 Å². The SMILES string of the molecule is COc1c(C(=O)C=C(C)C)ccc(C)c1C. The Labute approximate surface area is 96.9 Å². The molecule has 0 atom stereocenters. The van der Waals surface area contributed by atoms with E-state index in [0.29, 0.717) is 11.3 Å². The molecule has 1 rings (SSSR count). The van der Waals surface area contributed by atoms with Crippen molar-refractivity contribution >= 4 is 5.78 Å². The van der Waals surface area contributed by atoms with E-state index in [1.165, 1.54) is 0 Å². The maximum atomic E-state index is 11.9. The zero-order valence-electron chi connectivity index (χ0n) is 10.5. The summed E-state index contributed by atoms with van der Waals surface area (Å²) >= 11 is 0. The first-order valence-corrected chi connectivity index (χ1v) is 5.30. The summed E-state index contributed by atoms with van der Waals surface area (Å²) in [5.74, 6) is 0.683. The summed E-state index contributed by atoms with van der Waals surface area (Å²) in [6, 6.07) is 3.77. The van der Waals surface area contributed by atoms with Crippen LogP contribution < -0.4 is 4.74 Å². The van der Waals surface area contributed by atoms with Crippen LogP contribution in [0.25, 0.3) is 0 Å². The Morgan fingerprint density at radius 3 is 2.38 bits per heavy atom. The third-order valence-electron chi connectivity index (χ3n) is 2.57. The van der Waals surface area contributed by atoms with E-state index in [1.54, 1.807) is 13.2 Å². The smallest absolute Gasteiger partial charge is 0.189 e. The van der Waals surface area contributed by atoms with Crippen LogP contribution in [0, 0.1) is 13.8 Å². The molecule has 0 aliphatic carbocycles. The predicted octanol–water partition coefficient (Wildman–Crippen LogP) is 3.46. The molecule has 0 saturated heterocycles. The molecule has 0 N–H and O–H groups in total. The van der Waals surface area contributed by atoms with E-state index in [0.717, 1.165) is 16.7 Å². The molecule has 0 amide bonds. The Hall–Kier alpha value is -1.57. The lowest BCUT2D eigenvalue weighted by Crippen LogP contribution is -2.02. The molecule has 0 heterocycles. The van der Waals surface area contributed by atoms with Crippen LogP contribution in [0.2, 0.25) is 0 Å². The minimum absolute atomic E-state index is 0.0000463. The Morgan fingerprint density at radius 1 is 1.25 bits per heavy atom. The number of hydrogen-bond acceptors (Lipinski definition) is 2. The van der Waals surface area contributed by atoms with Crippen LogP contribution in [-0.2, 0) is 0 Å². The minimum Gasteiger partial charge on any atom is -0.496 e. The topological polar surface area (TPSA) is 26.3 Å². The Kier molecular flexibility index (Phi) is 3.88. The molecule has 1 aromatic rings. The normalized spacial score (nSPS) is 9.81. The summed E-state index contributed by atoms with van der Waals surface area (Å²) in [5.41, 5.74) is 3.78. The maximum Gasteiger partial charge on any atom is 0.189 e. The Bertz CT molecular complexity index is 438. The number of ether oxygens (including phenoxy) is 1. The number of methoxy groups -OCH3 is 1. The van der Waals surface area contributed by atoms with Crippen molar-refractivity contribution in [2.45, 2.75) is 27.7 Å². The lowest BCUT2D eigenvalue weighted by Gasteiger charge is -2.11. The van der Waals surface area contributed by atoms with Gasteiger partial charge in [0.15, 0.2) is 5.78 Å². The average molecular weight is 218 g/mol. The summed E-state index contributed by atoms with van der Waals surface area (Å²) in [7, 11) is 1.60. The fraction of sp³-hybridized carbons (Fsp3) is 0.357. The van der Waals surface area contributed by atoms with Crippen LogP contribution in [0.3, 0.4) is 0 Å². The van der Waals surface area contributed by atoms with Gasteiger partial charge in [-0.25, -0.2) is 0 Å². The van der Waals surface area contributed by atoms with Crippen molar-refractivity contribution in [3.8, 4) is 5.75 Å². The van der Waals surface area contributed by atoms with E-state index in [1.807, 2.05) is 39.8 Å². The second-order valence-electron chi connectivity index (χ2n) is 4.17. The quantitative estimate of drug-likeness (QED) is 0.573. The zero-order valence-corrected chi connectivity index (χ0v) is 10.5. The molecular formula is C14H18O2. The fourth-order valence-corrected chi connectivity index (χ4v) is 1.59. The van der Waals surface area contributed by atoms with Gasteiger partial charge in [0.1, 0.15) is 5.75 Å². The lowest BCUT2D eigenvalue weighted by atomic mass is 10.0. The number of carbonyl (C=O) groups is 1. The van der Waals surface area contributed by atoms with Crippen molar-refractivity contribution < 1.29 is 9.53 Å². The second kappa shape index (κ2) is 4.97. The molecule has 0 saturated carbocycles. The van der Waals surface area contributed by atoms with Gasteiger partial charge in [-0.2, -0.15) is 0 Å². The van der Waals surface area contributed by atoms with Crippen LogP contribution in [0.5, 0.6) is 5.75 Å². The predicted molar refractivity (Wildman–Crippen MR) is 66.2 cm³/mol. The summed E-state index contributed by atoms with van der Waals surface area (Å²) in [6.07, 6.45) is 1.63. The molecule has 1 aromatic carbocycles. The van der Waals surface area contributed by atoms with Crippen LogP contribution in [-0.4, -0.2) is 12.9 Å². The highest BCUT2D eigenvalue weighted by molar-refractivity contribution is 6.07. The molecule has 0 aliphatic heterocycles. The summed E-state index contributed by atoms with van der Waals surface area (Å²) < 4.78 is 5.31. The molecule has 16 heavy (non-hydrogen) atoms. The third kappa shape index (κ3) is 2.51. The largest absolute Gasteiger partial charge is 0.496 e. The van der Waals surface area contributed by atoms with Gasteiger partial charge in [0, 0.05) is 0 Å². The number of aryl methyl sites for hydroxylation is 1. The van der Waals surface area contributed by atoms with Gasteiger partial charge in [0.25, 0.3) is 0 Å². The van der Waals surface area contributed by atoms with Gasteiger partial charge in [-0.15, -0.1) is 0 Å². The van der Waals surface area contributed by atoms with E-state index in [9.17, 15) is 4.79 Å². The van der Waals surface area contributed by atoms with Gasteiger partial charge in [0.2, 0.25) is 0 Å². The standard InChI is InChI=1S/C14H18O2/c1-9(2)8-13(15)12-7-6-10(3)11(4)14(12)16-5/h6-8H,1-5H3. The molecule has 0 radical (unpaired) electrons. The molecule has 0 aliphatic rings. The molecule has 0 spiro atoms. The zero-order chi connectivity index (χ0) is 12.3. The molecule has 0 aromatic heterocycles. The first-order valence-electron chi connectivity index (χ1n) is 5.30. The number of carbonyl (C=O) groups excluding carboxylic acids is 1. The van der Waals surface area contributed by atoms with E-state index in [4.69, 9.17) is 4.74 Å². The van der Waals surface area contributed by atoms with Gasteiger partial charge < -0.3 is 4.74 Å². The summed E-state index contributed by atoms with van der Waals surface area (Å²) in [6.45, 7) is 7.79. The van der Waals surface area contributed by atoms with E-state index < -0.39 is 0 Å². The number of rotatable bonds is 3. The number of hydrogen-bond donors (Lipinski definition) is 0. The van der Waals surface area contributed by atoms with Crippen LogP contribution in [0.1, 0.15) is 35.3 Å².